The molecule has 1 aromatic heterocycles. The van der Waals surface area contributed by atoms with Crippen molar-refractivity contribution < 1.29 is 13.2 Å². The summed E-state index contributed by atoms with van der Waals surface area (Å²) in [5.74, 6) is -0.211. The lowest BCUT2D eigenvalue weighted by atomic mass is 10.2. The van der Waals surface area contributed by atoms with Crippen LogP contribution in [0.5, 0.6) is 0 Å². The van der Waals surface area contributed by atoms with Crippen LogP contribution in [0.3, 0.4) is 0 Å². The summed E-state index contributed by atoms with van der Waals surface area (Å²) in [6, 6.07) is 22.7. The van der Waals surface area contributed by atoms with E-state index < -0.39 is 9.84 Å². The molecule has 1 amide bonds. The Balaban J connectivity index is 1.57. The molecule has 0 saturated heterocycles. The lowest BCUT2D eigenvalue weighted by Gasteiger charge is -2.11. The van der Waals surface area contributed by atoms with Crippen molar-refractivity contribution >= 4 is 44.8 Å². The molecule has 0 spiro atoms. The van der Waals surface area contributed by atoms with E-state index in [0.717, 1.165) is 5.56 Å². The molecule has 0 fully saturated rings. The van der Waals surface area contributed by atoms with Crippen LogP contribution in [0.4, 0.5) is 5.69 Å². The molecule has 0 saturated carbocycles. The highest BCUT2D eigenvalue weighted by Crippen LogP contribution is 2.25. The van der Waals surface area contributed by atoms with Gasteiger partial charge in [-0.3, -0.25) is 9.36 Å². The predicted octanol–water partition coefficient (Wildman–Crippen LogP) is 4.93. The number of nitrogens with one attached hydrogen (secondary N) is 1. The zero-order chi connectivity index (χ0) is 24.1. The first-order valence-electron chi connectivity index (χ1n) is 10.3. The van der Waals surface area contributed by atoms with Crippen LogP contribution in [-0.4, -0.2) is 34.8 Å². The molecular weight excluding hydrogens is 492 g/mol. The molecule has 0 unspecified atom stereocenters. The van der Waals surface area contributed by atoms with E-state index in [0.29, 0.717) is 21.6 Å². The molecule has 0 aliphatic heterocycles. The monoisotopic (exact) mass is 512 g/mol. The van der Waals surface area contributed by atoms with Crippen molar-refractivity contribution in [2.75, 3.05) is 11.1 Å². The number of carbonyl (C=O) groups is 1. The second-order valence-corrected chi connectivity index (χ2v) is 10.8. The molecule has 1 N–H and O–H groups in total. The van der Waals surface area contributed by atoms with E-state index in [9.17, 15) is 13.2 Å². The van der Waals surface area contributed by atoms with Gasteiger partial charge in [0.15, 0.2) is 20.8 Å². The van der Waals surface area contributed by atoms with E-state index in [4.69, 9.17) is 11.6 Å². The Morgan fingerprint density at radius 3 is 2.35 bits per heavy atom. The Labute approximate surface area is 207 Å². The lowest BCUT2D eigenvalue weighted by molar-refractivity contribution is -0.113. The number of nitrogens with zero attached hydrogens (tertiary/aromatic N) is 3. The van der Waals surface area contributed by atoms with Crippen LogP contribution in [0.25, 0.3) is 5.69 Å². The van der Waals surface area contributed by atoms with Crippen LogP contribution in [0.2, 0.25) is 5.02 Å². The third-order valence-corrected chi connectivity index (χ3v) is 7.72. The van der Waals surface area contributed by atoms with Crippen LogP contribution in [0.15, 0.2) is 88.9 Å². The van der Waals surface area contributed by atoms with E-state index >= 15 is 0 Å². The molecule has 0 radical (unpaired) electrons. The SMILES string of the molecule is Cc1cc(Cl)ccc1NC(=O)CSc1nnc(CS(=O)(=O)c2ccccc2)n1-c1ccccc1. The fourth-order valence-electron chi connectivity index (χ4n) is 3.29. The number of amides is 1. The fraction of sp³-hybridized carbons (Fsp3) is 0.125. The predicted molar refractivity (Wildman–Crippen MR) is 134 cm³/mol. The van der Waals surface area contributed by atoms with Crippen LogP contribution in [0, 0.1) is 6.92 Å². The summed E-state index contributed by atoms with van der Waals surface area (Å²) in [7, 11) is -3.63. The zero-order valence-corrected chi connectivity index (χ0v) is 20.6. The molecule has 174 valence electrons. The highest BCUT2D eigenvalue weighted by Gasteiger charge is 2.23. The van der Waals surface area contributed by atoms with Gasteiger partial charge in [0.2, 0.25) is 5.91 Å². The van der Waals surface area contributed by atoms with E-state index in [-0.39, 0.29) is 28.1 Å². The second kappa shape index (κ2) is 10.4. The van der Waals surface area contributed by atoms with Crippen molar-refractivity contribution in [1.82, 2.24) is 14.8 Å². The molecule has 3 aromatic carbocycles. The number of hydrogen-bond acceptors (Lipinski definition) is 6. The first kappa shape index (κ1) is 24.0. The molecule has 0 bridgehead atoms. The minimum atomic E-state index is -3.63. The van der Waals surface area contributed by atoms with E-state index in [1.54, 1.807) is 53.1 Å². The smallest absolute Gasteiger partial charge is 0.234 e. The van der Waals surface area contributed by atoms with Gasteiger partial charge in [0, 0.05) is 16.4 Å². The maximum atomic E-state index is 13.0. The van der Waals surface area contributed by atoms with Gasteiger partial charge in [-0.2, -0.15) is 0 Å². The van der Waals surface area contributed by atoms with Gasteiger partial charge in [0.25, 0.3) is 0 Å². The number of thioether (sulfide) groups is 1. The van der Waals surface area contributed by atoms with Crippen molar-refractivity contribution in [2.45, 2.75) is 22.7 Å². The van der Waals surface area contributed by atoms with Gasteiger partial charge in [0.1, 0.15) is 5.75 Å². The number of para-hydroxylation sites is 1. The number of carbonyl (C=O) groups excluding carboxylic acids is 1. The molecule has 4 rings (SSSR count). The summed E-state index contributed by atoms with van der Waals surface area (Å²) in [5.41, 5.74) is 2.24. The van der Waals surface area contributed by atoms with Gasteiger partial charge in [-0.25, -0.2) is 8.42 Å². The van der Waals surface area contributed by atoms with Gasteiger partial charge < -0.3 is 5.32 Å². The number of aryl methyl sites for hydroxylation is 1. The Bertz CT molecular complexity index is 1410. The Morgan fingerprint density at radius 2 is 1.68 bits per heavy atom. The van der Waals surface area contributed by atoms with Crippen molar-refractivity contribution in [3.8, 4) is 5.69 Å². The van der Waals surface area contributed by atoms with E-state index in [1.807, 2.05) is 37.3 Å². The topological polar surface area (TPSA) is 94.0 Å². The maximum absolute atomic E-state index is 13.0. The third kappa shape index (κ3) is 5.67. The van der Waals surface area contributed by atoms with E-state index in [1.165, 1.54) is 11.8 Å². The normalized spacial score (nSPS) is 11.4. The minimum Gasteiger partial charge on any atom is -0.325 e. The average Bonchev–Trinajstić information content (AvgIpc) is 3.22. The quantitative estimate of drug-likeness (QED) is 0.336. The lowest BCUT2D eigenvalue weighted by Crippen LogP contribution is -2.15. The summed E-state index contributed by atoms with van der Waals surface area (Å²) in [4.78, 5) is 12.8. The van der Waals surface area contributed by atoms with Gasteiger partial charge >= 0.3 is 0 Å². The van der Waals surface area contributed by atoms with Crippen LogP contribution >= 0.6 is 23.4 Å². The second-order valence-electron chi connectivity index (χ2n) is 7.44. The highest BCUT2D eigenvalue weighted by atomic mass is 35.5. The zero-order valence-electron chi connectivity index (χ0n) is 18.2. The molecule has 0 aliphatic rings. The molecule has 0 atom stereocenters. The van der Waals surface area contributed by atoms with Crippen molar-refractivity contribution in [3.05, 3.63) is 95.3 Å². The molecular formula is C24H21ClN4O3S2. The standard InChI is InChI=1S/C24H21ClN4O3S2/c1-17-14-18(25)12-13-21(17)26-23(30)15-33-24-28-27-22(29(24)19-8-4-2-5-9-19)16-34(31,32)20-10-6-3-7-11-20/h2-14H,15-16H2,1H3,(H,26,30). The van der Waals surface area contributed by atoms with Crippen LogP contribution in [0.1, 0.15) is 11.4 Å². The molecule has 0 aliphatic carbocycles. The summed E-state index contributed by atoms with van der Waals surface area (Å²) >= 11 is 7.16. The largest absolute Gasteiger partial charge is 0.325 e. The molecule has 1 heterocycles. The first-order chi connectivity index (χ1) is 16.3. The van der Waals surface area contributed by atoms with Crippen molar-refractivity contribution in [1.29, 1.82) is 0 Å². The van der Waals surface area contributed by atoms with Gasteiger partial charge in [-0.15, -0.1) is 10.2 Å². The van der Waals surface area contributed by atoms with Crippen LogP contribution in [-0.2, 0) is 20.4 Å². The number of halogens is 1. The number of rotatable bonds is 8. The summed E-state index contributed by atoms with van der Waals surface area (Å²) in [5, 5.41) is 12.2. The molecule has 4 aromatic rings. The summed E-state index contributed by atoms with van der Waals surface area (Å²) in [6.07, 6.45) is 0. The van der Waals surface area contributed by atoms with Crippen molar-refractivity contribution in [3.63, 3.8) is 0 Å². The highest BCUT2D eigenvalue weighted by molar-refractivity contribution is 7.99. The average molecular weight is 513 g/mol. The number of sulfone groups is 1. The number of benzene rings is 3. The van der Waals surface area contributed by atoms with Gasteiger partial charge in [-0.1, -0.05) is 59.8 Å². The minimum absolute atomic E-state index is 0.0679. The number of hydrogen-bond donors (Lipinski definition) is 1. The summed E-state index contributed by atoms with van der Waals surface area (Å²) < 4.78 is 27.6. The number of aromatic nitrogens is 3. The molecule has 7 nitrogen and oxygen atoms in total. The Kier molecular flexibility index (Phi) is 7.35. The fourth-order valence-corrected chi connectivity index (χ4v) is 5.55. The first-order valence-corrected chi connectivity index (χ1v) is 13.3. The Morgan fingerprint density at radius 1 is 1.00 bits per heavy atom. The summed E-state index contributed by atoms with van der Waals surface area (Å²) in [6.45, 7) is 1.86. The Hall–Kier alpha value is -3.14. The van der Waals surface area contributed by atoms with Crippen LogP contribution < -0.4 is 5.32 Å². The maximum Gasteiger partial charge on any atom is 0.234 e. The third-order valence-electron chi connectivity index (χ3n) is 4.93. The van der Waals surface area contributed by atoms with Gasteiger partial charge in [0.05, 0.1) is 10.6 Å². The number of anilines is 1. The van der Waals surface area contributed by atoms with E-state index in [2.05, 4.69) is 15.5 Å². The van der Waals surface area contributed by atoms with Gasteiger partial charge in [-0.05, 0) is 55.0 Å². The molecule has 34 heavy (non-hydrogen) atoms. The van der Waals surface area contributed by atoms with Crippen molar-refractivity contribution in [2.24, 2.45) is 0 Å². The molecule has 10 heteroatoms.